The summed E-state index contributed by atoms with van der Waals surface area (Å²) in [6.45, 7) is 5.57. The lowest BCUT2D eigenvalue weighted by atomic mass is 10.0. The molecule has 0 aliphatic carbocycles. The van der Waals surface area contributed by atoms with E-state index < -0.39 is 67.7 Å². The van der Waals surface area contributed by atoms with Gasteiger partial charge in [0.15, 0.2) is 5.78 Å². The fraction of sp³-hybridized carbons (Fsp3) is 0.921. The Bertz CT molecular complexity index is 1040. The minimum atomic E-state index is -1.78. The molecule has 0 saturated heterocycles. The molecule has 0 aromatic carbocycles. The number of ketones is 1. The van der Waals surface area contributed by atoms with Crippen LogP contribution in [-0.2, 0) is 66.5 Å². The molecule has 1 amide bonds. The lowest BCUT2D eigenvalue weighted by molar-refractivity contribution is -0.162. The van der Waals surface area contributed by atoms with Crippen LogP contribution in [0, 0.1) is 0 Å². The number of nitrogens with one attached hydrogen (secondary N) is 1. The maximum Gasteiger partial charge on any atom is 0.305 e. The fourth-order valence-electron chi connectivity index (χ4n) is 4.77. The number of ether oxygens (including phenoxy) is 11. The predicted molar refractivity (Wildman–Crippen MR) is 214 cm³/mol. The van der Waals surface area contributed by atoms with Gasteiger partial charge in [-0.25, -0.2) is 0 Å². The molecule has 0 heterocycles. The molecular weight excluding hydrogens is 836 g/mol. The van der Waals surface area contributed by atoms with E-state index in [4.69, 9.17) is 62.3 Å². The SMILES string of the molecule is O=C(O)C[C@H](NC(=O)CCOCCOCCOCCOCCOCCOCCN(O)C[C@H](O)[C@@H](O)[C@H](O)[C@H](O)CO)C(=O)CCCOCCOCCOCCOCCOCCO. The zero-order valence-corrected chi connectivity index (χ0v) is 35.8. The first-order valence-corrected chi connectivity index (χ1v) is 20.8. The third-order valence-electron chi connectivity index (χ3n) is 8.09. The van der Waals surface area contributed by atoms with Crippen molar-refractivity contribution in [1.82, 2.24) is 10.4 Å². The highest BCUT2D eigenvalue weighted by Gasteiger charge is 2.31. The smallest absolute Gasteiger partial charge is 0.305 e. The Morgan fingerprint density at radius 3 is 1.26 bits per heavy atom. The third-order valence-corrected chi connectivity index (χ3v) is 8.09. The molecule has 24 nitrogen and oxygen atoms in total. The van der Waals surface area contributed by atoms with Crippen LogP contribution in [-0.4, -0.2) is 266 Å². The molecule has 0 rings (SSSR count). The Morgan fingerprint density at radius 2 is 0.855 bits per heavy atom. The number of nitrogens with zero attached hydrogens (tertiary/aromatic N) is 1. The van der Waals surface area contributed by atoms with Gasteiger partial charge in [0.25, 0.3) is 0 Å². The summed E-state index contributed by atoms with van der Waals surface area (Å²) >= 11 is 0. The minimum absolute atomic E-state index is 0.00316. The summed E-state index contributed by atoms with van der Waals surface area (Å²) in [5.74, 6) is -2.12. The normalized spacial score (nSPS) is 14.2. The molecule has 0 aliphatic heterocycles. The van der Waals surface area contributed by atoms with E-state index in [1.54, 1.807) is 0 Å². The molecular formula is C38H74N2O22. The number of aliphatic carboxylic acids is 1. The third kappa shape index (κ3) is 38.3. The van der Waals surface area contributed by atoms with E-state index in [0.29, 0.717) is 104 Å². The first kappa shape index (κ1) is 59.9. The van der Waals surface area contributed by atoms with Crippen molar-refractivity contribution in [2.75, 3.05) is 172 Å². The Morgan fingerprint density at radius 1 is 0.484 bits per heavy atom. The van der Waals surface area contributed by atoms with Gasteiger partial charge in [0.2, 0.25) is 5.91 Å². The molecule has 0 bridgehead atoms. The number of aliphatic hydroxyl groups is 6. The predicted octanol–water partition coefficient (Wildman–Crippen LogP) is -4.01. The minimum Gasteiger partial charge on any atom is -0.481 e. The highest BCUT2D eigenvalue weighted by Crippen LogP contribution is 2.07. The van der Waals surface area contributed by atoms with Gasteiger partial charge in [-0.15, -0.1) is 0 Å². The van der Waals surface area contributed by atoms with Crippen molar-refractivity contribution < 1.29 is 107 Å². The van der Waals surface area contributed by atoms with Gasteiger partial charge in [0, 0.05) is 26.0 Å². The van der Waals surface area contributed by atoms with Gasteiger partial charge in [-0.05, 0) is 6.42 Å². The Balaban J connectivity index is 3.67. The first-order chi connectivity index (χ1) is 30.0. The number of hydroxylamine groups is 2. The average molecular weight is 911 g/mol. The van der Waals surface area contributed by atoms with Gasteiger partial charge in [-0.1, -0.05) is 0 Å². The second-order valence-corrected chi connectivity index (χ2v) is 13.2. The van der Waals surface area contributed by atoms with E-state index in [0.717, 1.165) is 0 Å². The lowest BCUT2D eigenvalue weighted by Crippen LogP contribution is -2.49. The van der Waals surface area contributed by atoms with Crippen molar-refractivity contribution in [2.45, 2.75) is 56.1 Å². The number of carbonyl (C=O) groups excluding carboxylic acids is 2. The van der Waals surface area contributed by atoms with Gasteiger partial charge in [0.05, 0.1) is 177 Å². The maximum atomic E-state index is 12.6. The number of carbonyl (C=O) groups is 3. The molecule has 24 heteroatoms. The van der Waals surface area contributed by atoms with E-state index >= 15 is 0 Å². The van der Waals surface area contributed by atoms with Crippen LogP contribution in [0.1, 0.15) is 25.7 Å². The Labute approximate surface area is 363 Å². The molecule has 0 radical (unpaired) electrons. The number of hydrogen-bond acceptors (Lipinski definition) is 22. The van der Waals surface area contributed by atoms with Gasteiger partial charge in [-0.3, -0.25) is 14.4 Å². The summed E-state index contributed by atoms with van der Waals surface area (Å²) in [5.41, 5.74) is 0. The molecule has 5 atom stereocenters. The fourth-order valence-corrected chi connectivity index (χ4v) is 4.77. The van der Waals surface area contributed by atoms with E-state index in [-0.39, 0.29) is 78.8 Å². The van der Waals surface area contributed by atoms with Crippen LogP contribution in [0.3, 0.4) is 0 Å². The molecule has 0 aromatic heterocycles. The van der Waals surface area contributed by atoms with Crippen molar-refractivity contribution in [1.29, 1.82) is 0 Å². The van der Waals surface area contributed by atoms with Crippen LogP contribution in [0.5, 0.6) is 0 Å². The van der Waals surface area contributed by atoms with Crippen molar-refractivity contribution in [3.63, 3.8) is 0 Å². The van der Waals surface area contributed by atoms with Crippen molar-refractivity contribution >= 4 is 17.7 Å². The molecule has 0 aliphatic rings. The topological polar surface area (TPSA) is 330 Å². The summed E-state index contributed by atoms with van der Waals surface area (Å²) in [6.07, 6.45) is -6.95. The van der Waals surface area contributed by atoms with Gasteiger partial charge < -0.3 is 98.4 Å². The lowest BCUT2D eigenvalue weighted by Gasteiger charge is -2.27. The average Bonchev–Trinajstić information content (AvgIpc) is 3.25. The number of carboxylic acids is 1. The molecule has 368 valence electrons. The molecule has 0 unspecified atom stereocenters. The van der Waals surface area contributed by atoms with E-state index in [1.807, 2.05) is 0 Å². The largest absolute Gasteiger partial charge is 0.481 e. The molecule has 0 saturated carbocycles. The number of carboxylic acid groups (broad SMARTS) is 1. The highest BCUT2D eigenvalue weighted by molar-refractivity contribution is 5.91. The van der Waals surface area contributed by atoms with Gasteiger partial charge in [-0.2, -0.15) is 5.06 Å². The molecule has 9 N–H and O–H groups in total. The number of aliphatic hydroxyl groups excluding tert-OH is 6. The van der Waals surface area contributed by atoms with Gasteiger partial charge in [0.1, 0.15) is 18.3 Å². The number of Topliss-reactive ketones (excluding diaryl/α,β-unsaturated/α-hetero) is 1. The first-order valence-electron chi connectivity index (χ1n) is 20.8. The van der Waals surface area contributed by atoms with E-state index in [2.05, 4.69) is 5.32 Å². The van der Waals surface area contributed by atoms with E-state index in [1.165, 1.54) is 0 Å². The molecule has 62 heavy (non-hydrogen) atoms. The number of amides is 1. The zero-order chi connectivity index (χ0) is 45.9. The van der Waals surface area contributed by atoms with Crippen LogP contribution in [0.25, 0.3) is 0 Å². The molecule has 0 aromatic rings. The van der Waals surface area contributed by atoms with Crippen LogP contribution >= 0.6 is 0 Å². The van der Waals surface area contributed by atoms with Gasteiger partial charge >= 0.3 is 5.97 Å². The van der Waals surface area contributed by atoms with Crippen molar-refractivity contribution in [3.8, 4) is 0 Å². The number of hydrogen-bond donors (Lipinski definition) is 9. The Hall–Kier alpha value is -2.15. The second-order valence-electron chi connectivity index (χ2n) is 13.2. The second kappa shape index (κ2) is 44.1. The van der Waals surface area contributed by atoms with Crippen LogP contribution < -0.4 is 5.32 Å². The maximum absolute atomic E-state index is 12.6. The quantitative estimate of drug-likeness (QED) is 0.0207. The summed E-state index contributed by atoms with van der Waals surface area (Å²) in [5, 5.41) is 78.1. The standard InChI is InChI=1S/C38H74N2O22/c41-5-9-55-13-17-59-21-25-60-22-18-56-14-10-52-6-1-2-32(43)31(28-36(47)48)39-35(46)3-7-53-11-15-57-19-23-61-26-27-62-24-20-58-16-12-54-8-4-40(51)29-33(44)37(49)38(50)34(45)30-42/h31,33-34,37-38,41-42,44-45,49-51H,1-30H2,(H,39,46)(H,47,48)/t31-,33-,34+,37+,38+/m0/s1. The van der Waals surface area contributed by atoms with Crippen LogP contribution in [0.15, 0.2) is 0 Å². The number of rotatable bonds is 49. The zero-order valence-electron chi connectivity index (χ0n) is 35.8. The van der Waals surface area contributed by atoms with E-state index in [9.17, 15) is 45.1 Å². The van der Waals surface area contributed by atoms with Crippen LogP contribution in [0.2, 0.25) is 0 Å². The van der Waals surface area contributed by atoms with Crippen molar-refractivity contribution in [2.24, 2.45) is 0 Å². The summed E-state index contributed by atoms with van der Waals surface area (Å²) in [6, 6.07) is -1.16. The Kier molecular flexibility index (Phi) is 42.5. The molecule has 0 spiro atoms. The highest BCUT2D eigenvalue weighted by atomic mass is 16.6. The monoisotopic (exact) mass is 910 g/mol. The summed E-state index contributed by atoms with van der Waals surface area (Å²) in [4.78, 5) is 36.2. The van der Waals surface area contributed by atoms with Crippen molar-refractivity contribution in [3.05, 3.63) is 0 Å². The summed E-state index contributed by atoms with van der Waals surface area (Å²) in [7, 11) is 0. The summed E-state index contributed by atoms with van der Waals surface area (Å²) < 4.78 is 59.0. The van der Waals surface area contributed by atoms with Crippen LogP contribution in [0.4, 0.5) is 0 Å². The molecule has 0 fully saturated rings.